The molecule has 0 fully saturated rings. The van der Waals surface area contributed by atoms with E-state index in [2.05, 4.69) is 0 Å². The minimum Gasteiger partial charge on any atom is -0.267 e. The smallest absolute Gasteiger partial charge is 0.267 e. The SMILES string of the molecule is Cc1cc(-n2c(-c3cc(F)c(S(N)(=O)=O)cc3F)csc2=O)ccc1F. The largest absolute Gasteiger partial charge is 0.312 e. The van der Waals surface area contributed by atoms with Gasteiger partial charge < -0.3 is 0 Å². The topological polar surface area (TPSA) is 82.2 Å². The summed E-state index contributed by atoms with van der Waals surface area (Å²) in [4.78, 5) is 10.7. The van der Waals surface area contributed by atoms with Crippen LogP contribution in [-0.4, -0.2) is 13.0 Å². The van der Waals surface area contributed by atoms with Gasteiger partial charge in [-0.25, -0.2) is 26.7 Å². The van der Waals surface area contributed by atoms with Gasteiger partial charge >= 0.3 is 4.87 Å². The van der Waals surface area contributed by atoms with Crippen LogP contribution in [0.1, 0.15) is 5.56 Å². The van der Waals surface area contributed by atoms with Gasteiger partial charge in [0.2, 0.25) is 10.0 Å². The van der Waals surface area contributed by atoms with Gasteiger partial charge in [-0.15, -0.1) is 0 Å². The molecule has 0 radical (unpaired) electrons. The molecule has 5 nitrogen and oxygen atoms in total. The van der Waals surface area contributed by atoms with Gasteiger partial charge in [0.25, 0.3) is 0 Å². The fourth-order valence-electron chi connectivity index (χ4n) is 2.45. The Morgan fingerprint density at radius 3 is 2.35 bits per heavy atom. The first-order valence-electron chi connectivity index (χ1n) is 7.09. The standard InChI is InChI=1S/C16H11F3N2O3S2/c1-8-4-9(2-3-11(8)17)21-14(7-25-16(21)22)10-5-13(19)15(6-12(10)18)26(20,23)24/h2-7H,1H3,(H2,20,23,24). The molecule has 0 saturated heterocycles. The van der Waals surface area contributed by atoms with Gasteiger partial charge in [0.05, 0.1) is 11.4 Å². The third kappa shape index (κ3) is 3.18. The summed E-state index contributed by atoms with van der Waals surface area (Å²) in [5.41, 5.74) is 0.210. The van der Waals surface area contributed by atoms with E-state index in [9.17, 15) is 26.4 Å². The number of hydrogen-bond donors (Lipinski definition) is 1. The summed E-state index contributed by atoms with van der Waals surface area (Å²) in [6.07, 6.45) is 0. The molecule has 3 aromatic rings. The third-order valence-electron chi connectivity index (χ3n) is 3.70. The summed E-state index contributed by atoms with van der Waals surface area (Å²) in [6, 6.07) is 4.98. The van der Waals surface area contributed by atoms with E-state index in [0.29, 0.717) is 12.1 Å². The molecule has 0 atom stereocenters. The molecule has 2 aromatic carbocycles. The minimum absolute atomic E-state index is 0.00313. The van der Waals surface area contributed by atoms with Crippen LogP contribution in [0.15, 0.2) is 45.4 Å². The molecule has 0 aliphatic heterocycles. The van der Waals surface area contributed by atoms with Gasteiger partial charge in [-0.2, -0.15) is 0 Å². The Balaban J connectivity index is 2.26. The van der Waals surface area contributed by atoms with Crippen LogP contribution in [0.25, 0.3) is 16.9 Å². The van der Waals surface area contributed by atoms with Crippen LogP contribution in [0.2, 0.25) is 0 Å². The lowest BCUT2D eigenvalue weighted by Gasteiger charge is -2.11. The maximum Gasteiger partial charge on any atom is 0.312 e. The van der Waals surface area contributed by atoms with E-state index in [4.69, 9.17) is 5.14 Å². The molecule has 0 bridgehead atoms. The molecule has 0 saturated carbocycles. The van der Waals surface area contributed by atoms with Crippen LogP contribution < -0.4 is 10.0 Å². The summed E-state index contributed by atoms with van der Waals surface area (Å²) in [6.45, 7) is 1.50. The quantitative estimate of drug-likeness (QED) is 0.734. The Labute approximate surface area is 150 Å². The number of thiazole rings is 1. The average Bonchev–Trinajstić information content (AvgIpc) is 2.92. The van der Waals surface area contributed by atoms with Crippen molar-refractivity contribution in [3.8, 4) is 16.9 Å². The summed E-state index contributed by atoms with van der Waals surface area (Å²) in [7, 11) is -4.44. The predicted octanol–water partition coefficient (Wildman–Crippen LogP) is 2.94. The van der Waals surface area contributed by atoms with Crippen molar-refractivity contribution in [3.63, 3.8) is 0 Å². The van der Waals surface area contributed by atoms with Crippen molar-refractivity contribution in [1.82, 2.24) is 4.57 Å². The summed E-state index contributed by atoms with van der Waals surface area (Å²) < 4.78 is 65.7. The molecule has 10 heteroatoms. The highest BCUT2D eigenvalue weighted by molar-refractivity contribution is 7.89. The molecule has 0 amide bonds. The Bertz CT molecular complexity index is 1180. The number of rotatable bonds is 3. The van der Waals surface area contributed by atoms with Crippen molar-refractivity contribution in [3.05, 3.63) is 68.4 Å². The van der Waals surface area contributed by atoms with Crippen molar-refractivity contribution >= 4 is 21.4 Å². The fraction of sp³-hybridized carbons (Fsp3) is 0.0625. The molecular formula is C16H11F3N2O3S2. The van der Waals surface area contributed by atoms with E-state index in [0.717, 1.165) is 22.0 Å². The van der Waals surface area contributed by atoms with Crippen molar-refractivity contribution in [2.75, 3.05) is 0 Å². The molecule has 0 aliphatic rings. The highest BCUT2D eigenvalue weighted by Crippen LogP contribution is 2.29. The molecule has 0 aliphatic carbocycles. The van der Waals surface area contributed by atoms with E-state index >= 15 is 0 Å². The van der Waals surface area contributed by atoms with Crippen LogP contribution in [0.3, 0.4) is 0 Å². The first-order valence-corrected chi connectivity index (χ1v) is 9.51. The lowest BCUT2D eigenvalue weighted by Crippen LogP contribution is -2.15. The van der Waals surface area contributed by atoms with Gasteiger partial charge in [0.1, 0.15) is 22.3 Å². The van der Waals surface area contributed by atoms with Gasteiger partial charge in [0, 0.05) is 10.9 Å². The zero-order chi connectivity index (χ0) is 19.2. The summed E-state index contributed by atoms with van der Waals surface area (Å²) >= 11 is 0.737. The number of aryl methyl sites for hydroxylation is 1. The fourth-order valence-corrected chi connectivity index (χ4v) is 3.80. The number of nitrogens with two attached hydrogens (primary N) is 1. The number of hydrogen-bond acceptors (Lipinski definition) is 4. The van der Waals surface area contributed by atoms with E-state index < -0.39 is 37.2 Å². The second-order valence-corrected chi connectivity index (χ2v) is 7.81. The number of aromatic nitrogens is 1. The second-order valence-electron chi connectivity index (χ2n) is 5.46. The highest BCUT2D eigenvalue weighted by atomic mass is 32.2. The number of benzene rings is 2. The molecule has 26 heavy (non-hydrogen) atoms. The van der Waals surface area contributed by atoms with Crippen LogP contribution in [-0.2, 0) is 10.0 Å². The van der Waals surface area contributed by atoms with E-state index in [-0.39, 0.29) is 22.5 Å². The molecular weight excluding hydrogens is 389 g/mol. The molecule has 136 valence electrons. The maximum atomic E-state index is 14.4. The lowest BCUT2D eigenvalue weighted by molar-refractivity contribution is 0.555. The van der Waals surface area contributed by atoms with Crippen LogP contribution in [0.4, 0.5) is 13.2 Å². The average molecular weight is 400 g/mol. The lowest BCUT2D eigenvalue weighted by atomic mass is 10.1. The monoisotopic (exact) mass is 400 g/mol. The van der Waals surface area contributed by atoms with E-state index in [1.54, 1.807) is 0 Å². The number of sulfonamides is 1. The number of nitrogens with zero attached hydrogens (tertiary/aromatic N) is 1. The summed E-state index contributed by atoms with van der Waals surface area (Å²) in [5, 5.41) is 6.15. The number of primary sulfonamides is 1. The minimum atomic E-state index is -4.44. The Hall–Kier alpha value is -2.43. The number of halogens is 3. The zero-order valence-electron chi connectivity index (χ0n) is 13.2. The third-order valence-corrected chi connectivity index (χ3v) is 5.35. The van der Waals surface area contributed by atoms with E-state index in [1.165, 1.54) is 24.4 Å². The Morgan fingerprint density at radius 2 is 1.73 bits per heavy atom. The molecule has 2 N–H and O–H groups in total. The van der Waals surface area contributed by atoms with Gasteiger partial charge in [0.15, 0.2) is 0 Å². The zero-order valence-corrected chi connectivity index (χ0v) is 14.8. The molecule has 0 unspecified atom stereocenters. The molecule has 3 rings (SSSR count). The van der Waals surface area contributed by atoms with Gasteiger partial charge in [-0.1, -0.05) is 11.3 Å². The van der Waals surface area contributed by atoms with E-state index in [1.807, 2.05) is 0 Å². The van der Waals surface area contributed by atoms with Gasteiger partial charge in [-0.3, -0.25) is 9.36 Å². The van der Waals surface area contributed by atoms with Crippen LogP contribution in [0, 0.1) is 24.4 Å². The van der Waals surface area contributed by atoms with Crippen molar-refractivity contribution in [1.29, 1.82) is 0 Å². The van der Waals surface area contributed by atoms with Crippen molar-refractivity contribution in [2.24, 2.45) is 5.14 Å². The molecule has 1 heterocycles. The van der Waals surface area contributed by atoms with Crippen LogP contribution >= 0.6 is 11.3 Å². The summed E-state index contributed by atoms with van der Waals surface area (Å²) in [5.74, 6) is -2.79. The molecule has 1 aromatic heterocycles. The van der Waals surface area contributed by atoms with Crippen LogP contribution in [0.5, 0.6) is 0 Å². The Kier molecular flexibility index (Phi) is 4.51. The molecule has 0 spiro atoms. The normalized spacial score (nSPS) is 11.7. The first-order chi connectivity index (χ1) is 12.1. The van der Waals surface area contributed by atoms with Crippen molar-refractivity contribution < 1.29 is 21.6 Å². The van der Waals surface area contributed by atoms with Gasteiger partial charge in [-0.05, 0) is 42.8 Å². The highest BCUT2D eigenvalue weighted by Gasteiger charge is 2.22. The van der Waals surface area contributed by atoms with Crippen molar-refractivity contribution in [2.45, 2.75) is 11.8 Å². The maximum absolute atomic E-state index is 14.4. The second kappa shape index (κ2) is 6.38. The predicted molar refractivity (Wildman–Crippen MR) is 91.3 cm³/mol. The first kappa shape index (κ1) is 18.4. The Morgan fingerprint density at radius 1 is 1.04 bits per heavy atom.